The van der Waals surface area contributed by atoms with Gasteiger partial charge >= 0.3 is 5.97 Å². The Balaban J connectivity index is 1.23. The zero-order valence-electron chi connectivity index (χ0n) is 29.8. The number of phenols is 1. The van der Waals surface area contributed by atoms with Crippen molar-refractivity contribution >= 4 is 80.0 Å². The maximum absolute atomic E-state index is 15.1. The summed E-state index contributed by atoms with van der Waals surface area (Å²) in [6.45, 7) is 3.72. The van der Waals surface area contributed by atoms with E-state index in [0.29, 0.717) is 16.3 Å². The molecule has 6 unspecified atom stereocenters. The Morgan fingerprint density at radius 1 is 1.07 bits per heavy atom. The number of likely N-dealkylation sites (tertiary alicyclic amines) is 1. The van der Waals surface area contributed by atoms with Crippen LogP contribution in [-0.2, 0) is 31.0 Å². The van der Waals surface area contributed by atoms with E-state index in [1.807, 2.05) is 31.2 Å². The molecule has 8 rings (SSSR count). The summed E-state index contributed by atoms with van der Waals surface area (Å²) in [5, 5.41) is 26.2. The quantitative estimate of drug-likeness (QED) is 0.146. The minimum atomic E-state index is -1.38. The minimum Gasteiger partial charge on any atom is -0.503 e. The lowest BCUT2D eigenvalue weighted by Gasteiger charge is -2.49. The fraction of sp³-hybridized carbons (Fsp3) is 0.385. The summed E-state index contributed by atoms with van der Waals surface area (Å²) >= 11 is 14.4. The molecule has 4 aliphatic rings. The second kappa shape index (κ2) is 13.0. The third-order valence-electron chi connectivity index (χ3n) is 12.0. The van der Waals surface area contributed by atoms with Crippen LogP contribution in [0, 0.1) is 36.0 Å². The summed E-state index contributed by atoms with van der Waals surface area (Å²) in [5.74, 6) is -6.36. The van der Waals surface area contributed by atoms with Crippen LogP contribution in [-0.4, -0.2) is 68.1 Å². The van der Waals surface area contributed by atoms with Gasteiger partial charge in [0, 0.05) is 41.7 Å². The van der Waals surface area contributed by atoms with Crippen LogP contribution >= 0.6 is 34.5 Å². The molecule has 6 atom stereocenters. The molecule has 4 amide bonds. The Morgan fingerprint density at radius 3 is 2.56 bits per heavy atom. The number of hydrogen-bond donors (Lipinski definition) is 2. The van der Waals surface area contributed by atoms with Crippen molar-refractivity contribution in [1.82, 2.24) is 14.7 Å². The summed E-state index contributed by atoms with van der Waals surface area (Å²) in [4.78, 5) is 72.1. The topological polar surface area (TPSA) is 159 Å². The van der Waals surface area contributed by atoms with Gasteiger partial charge in [0.1, 0.15) is 11.5 Å². The number of aromatic nitrogens is 2. The normalized spacial score (nSPS) is 26.3. The molecule has 2 N–H and O–H groups in total. The number of rotatable bonds is 8. The van der Waals surface area contributed by atoms with Gasteiger partial charge in [0.15, 0.2) is 11.5 Å². The molecule has 0 radical (unpaired) electrons. The van der Waals surface area contributed by atoms with Crippen molar-refractivity contribution in [2.75, 3.05) is 18.6 Å². The summed E-state index contributed by atoms with van der Waals surface area (Å²) in [6.07, 6.45) is 2.20. The molecule has 1 saturated carbocycles. The standard InChI is InChI=1S/C39H36Cl2N4O8S/c1-17-22-14-19(40)7-10-28(22)54-34(17)26-16-29(43(3)42-26)45-36(50)24-15-23-20(8-9-21-31(23)37(51)44(35(21)49)11-5-6-30(46)47)32(39(24,2)38(45)52)18-12-25(41)33(48)27(13-18)53-4/h7-8,10,12-14,16,21,23-24,31-32,48H,5-6,9,11,15H2,1-4H3,(H,46,47). The van der Waals surface area contributed by atoms with Gasteiger partial charge in [0.2, 0.25) is 23.6 Å². The Bertz CT molecular complexity index is 2370. The number of aliphatic carboxylic acids is 1. The average molecular weight is 792 g/mol. The number of methoxy groups -OCH3 is 1. The van der Waals surface area contributed by atoms with Crippen LogP contribution in [0.25, 0.3) is 20.7 Å². The Kier molecular flexibility index (Phi) is 8.70. The summed E-state index contributed by atoms with van der Waals surface area (Å²) in [5.41, 5.74) is 1.43. The first-order chi connectivity index (χ1) is 25.7. The number of carbonyl (C=O) groups excluding carboxylic acids is 4. The van der Waals surface area contributed by atoms with E-state index >= 15 is 4.79 Å². The number of thiophene rings is 1. The number of benzene rings is 2. The number of anilines is 1. The van der Waals surface area contributed by atoms with Crippen LogP contribution in [0.5, 0.6) is 11.5 Å². The predicted molar refractivity (Wildman–Crippen MR) is 202 cm³/mol. The van der Waals surface area contributed by atoms with E-state index in [4.69, 9.17) is 33.0 Å². The molecule has 280 valence electrons. The fourth-order valence-electron chi connectivity index (χ4n) is 9.42. The monoisotopic (exact) mass is 790 g/mol. The Labute approximate surface area is 323 Å². The number of phenolic OH excluding ortho intramolecular Hbond substituents is 1. The smallest absolute Gasteiger partial charge is 0.303 e. The van der Waals surface area contributed by atoms with Crippen LogP contribution in [0.1, 0.15) is 49.7 Å². The molecule has 12 nitrogen and oxygen atoms in total. The maximum Gasteiger partial charge on any atom is 0.303 e. The molecule has 2 aromatic heterocycles. The number of carbonyl (C=O) groups is 5. The van der Waals surface area contributed by atoms with E-state index in [1.54, 1.807) is 32.2 Å². The third-order valence-corrected chi connectivity index (χ3v) is 13.8. The second-order valence-corrected chi connectivity index (χ2v) is 16.6. The number of fused-ring (bicyclic) bond motifs is 5. The molecule has 4 aromatic rings. The Hall–Kier alpha value is -4.72. The minimum absolute atomic E-state index is 0.0115. The van der Waals surface area contributed by atoms with Crippen LogP contribution < -0.4 is 9.64 Å². The molecule has 54 heavy (non-hydrogen) atoms. The highest BCUT2D eigenvalue weighted by molar-refractivity contribution is 7.22. The molecule has 15 heteroatoms. The molecular weight excluding hydrogens is 755 g/mol. The summed E-state index contributed by atoms with van der Waals surface area (Å²) in [6, 6.07) is 10.6. The van der Waals surface area contributed by atoms with Gasteiger partial charge < -0.3 is 14.9 Å². The van der Waals surface area contributed by atoms with Gasteiger partial charge in [-0.2, -0.15) is 5.10 Å². The van der Waals surface area contributed by atoms with Crippen molar-refractivity contribution < 1.29 is 38.9 Å². The number of carboxylic acids is 1. The van der Waals surface area contributed by atoms with E-state index in [1.165, 1.54) is 28.0 Å². The molecule has 2 aliphatic carbocycles. The summed E-state index contributed by atoms with van der Waals surface area (Å²) < 4.78 is 8.00. The van der Waals surface area contributed by atoms with Gasteiger partial charge in [-0.15, -0.1) is 11.3 Å². The van der Waals surface area contributed by atoms with Crippen molar-refractivity contribution in [1.29, 1.82) is 0 Å². The van der Waals surface area contributed by atoms with Crippen LogP contribution in [0.15, 0.2) is 48.0 Å². The van der Waals surface area contributed by atoms with E-state index in [-0.39, 0.29) is 60.5 Å². The number of imide groups is 2. The molecule has 4 heterocycles. The number of aryl methyl sites for hydroxylation is 2. The van der Waals surface area contributed by atoms with Gasteiger partial charge in [-0.1, -0.05) is 34.9 Å². The SMILES string of the molecule is COc1cc(C2C3=CCC4C(=O)N(CCCC(=O)O)C(=O)C4C3CC3C(=O)N(c4cc(-c5sc6ccc(Cl)cc6c5C)nn4C)C(=O)C32C)cc(Cl)c1O. The van der Waals surface area contributed by atoms with Crippen molar-refractivity contribution in [3.05, 3.63) is 69.2 Å². The second-order valence-electron chi connectivity index (χ2n) is 14.7. The highest BCUT2D eigenvalue weighted by Gasteiger charge is 2.68. The molecule has 2 saturated heterocycles. The molecule has 3 fully saturated rings. The molecule has 0 spiro atoms. The number of amides is 4. The Morgan fingerprint density at radius 2 is 1.83 bits per heavy atom. The predicted octanol–water partition coefficient (Wildman–Crippen LogP) is 6.73. The van der Waals surface area contributed by atoms with Crippen molar-refractivity contribution in [2.24, 2.45) is 36.1 Å². The zero-order valence-corrected chi connectivity index (χ0v) is 32.1. The summed E-state index contributed by atoms with van der Waals surface area (Å²) in [7, 11) is 3.06. The highest BCUT2D eigenvalue weighted by atomic mass is 35.5. The molecule has 2 aliphatic heterocycles. The number of ether oxygens (including phenoxy) is 1. The first kappa shape index (κ1) is 36.3. The molecule has 0 bridgehead atoms. The lowest BCUT2D eigenvalue weighted by atomic mass is 9.51. The third kappa shape index (κ3) is 5.22. The van der Waals surface area contributed by atoms with E-state index in [9.17, 15) is 29.4 Å². The van der Waals surface area contributed by atoms with Crippen LogP contribution in [0.2, 0.25) is 10.0 Å². The van der Waals surface area contributed by atoms with Crippen molar-refractivity contribution in [3.63, 3.8) is 0 Å². The fourth-order valence-corrected chi connectivity index (χ4v) is 11.0. The number of nitrogens with zero attached hydrogens (tertiary/aromatic N) is 4. The van der Waals surface area contributed by atoms with Crippen molar-refractivity contribution in [2.45, 2.75) is 45.4 Å². The molecular formula is C39H36Cl2N4O8S. The molecule has 2 aromatic carbocycles. The first-order valence-electron chi connectivity index (χ1n) is 17.6. The number of halogens is 2. The van der Waals surface area contributed by atoms with E-state index in [0.717, 1.165) is 31.0 Å². The number of carboxylic acid groups (broad SMARTS) is 1. The van der Waals surface area contributed by atoms with E-state index in [2.05, 4.69) is 0 Å². The maximum atomic E-state index is 15.1. The highest BCUT2D eigenvalue weighted by Crippen LogP contribution is 2.64. The first-order valence-corrected chi connectivity index (χ1v) is 19.2. The largest absolute Gasteiger partial charge is 0.503 e. The van der Waals surface area contributed by atoms with Gasteiger partial charge in [-0.3, -0.25) is 33.6 Å². The van der Waals surface area contributed by atoms with Gasteiger partial charge in [0.05, 0.1) is 40.2 Å². The van der Waals surface area contributed by atoms with Gasteiger partial charge in [0.25, 0.3) is 0 Å². The number of hydrogen-bond acceptors (Lipinski definition) is 9. The van der Waals surface area contributed by atoms with Crippen LogP contribution in [0.4, 0.5) is 5.82 Å². The lowest BCUT2D eigenvalue weighted by molar-refractivity contribution is -0.142. The van der Waals surface area contributed by atoms with E-state index < -0.39 is 58.7 Å². The number of aromatic hydroxyl groups is 1. The van der Waals surface area contributed by atoms with Gasteiger partial charge in [-0.05, 0) is 85.9 Å². The van der Waals surface area contributed by atoms with Crippen LogP contribution in [0.3, 0.4) is 0 Å². The average Bonchev–Trinajstić information content (AvgIpc) is 3.80. The zero-order chi connectivity index (χ0) is 38.5. The van der Waals surface area contributed by atoms with Gasteiger partial charge in [-0.25, -0.2) is 4.90 Å². The number of allylic oxidation sites excluding steroid dienone is 2. The van der Waals surface area contributed by atoms with Crippen molar-refractivity contribution in [3.8, 4) is 22.1 Å². The lowest BCUT2D eigenvalue weighted by Crippen LogP contribution is -2.49.